The lowest BCUT2D eigenvalue weighted by Crippen LogP contribution is -2.17. The smallest absolute Gasteiger partial charge is 0.191 e. The fraction of sp³-hybridized carbons (Fsp3) is 0.583. The molecule has 4 heteroatoms. The lowest BCUT2D eigenvalue weighted by molar-refractivity contribution is 0.136. The lowest BCUT2D eigenvalue weighted by Gasteiger charge is -2.10. The molecule has 0 spiro atoms. The predicted octanol–water partition coefficient (Wildman–Crippen LogP) is 1.80. The number of ether oxygens (including phenoxy) is 2. The van der Waals surface area contributed by atoms with E-state index in [2.05, 4.69) is 0 Å². The molecular formula is C12H18O4. The standard InChI is InChI=1S/C12H18O4/c1-5-9-11(7-15-4)16-10(6-14-3)8(2)12(9)13/h5-7H2,1-4H3. The van der Waals surface area contributed by atoms with Crippen LogP contribution in [0.1, 0.15) is 29.6 Å². The first-order chi connectivity index (χ1) is 7.65. The monoisotopic (exact) mass is 226 g/mol. The molecule has 0 aliphatic rings. The van der Waals surface area contributed by atoms with Crippen LogP contribution in [0.4, 0.5) is 0 Å². The molecule has 1 aromatic rings. The van der Waals surface area contributed by atoms with Crippen molar-refractivity contribution >= 4 is 0 Å². The Morgan fingerprint density at radius 1 is 1.12 bits per heavy atom. The lowest BCUT2D eigenvalue weighted by atomic mass is 10.1. The van der Waals surface area contributed by atoms with Crippen molar-refractivity contribution in [1.29, 1.82) is 0 Å². The third-order valence-corrected chi connectivity index (χ3v) is 2.52. The average Bonchev–Trinajstić information content (AvgIpc) is 2.27. The van der Waals surface area contributed by atoms with E-state index in [-0.39, 0.29) is 5.43 Å². The Morgan fingerprint density at radius 3 is 2.19 bits per heavy atom. The van der Waals surface area contributed by atoms with Crippen LogP contribution in [0.2, 0.25) is 0 Å². The van der Waals surface area contributed by atoms with Crippen molar-refractivity contribution in [1.82, 2.24) is 0 Å². The van der Waals surface area contributed by atoms with Gasteiger partial charge >= 0.3 is 0 Å². The third-order valence-electron chi connectivity index (χ3n) is 2.52. The normalized spacial score (nSPS) is 10.8. The van der Waals surface area contributed by atoms with Crippen LogP contribution in [-0.2, 0) is 29.1 Å². The zero-order valence-electron chi connectivity index (χ0n) is 10.3. The Bertz CT molecular complexity index is 406. The Kier molecular flexibility index (Phi) is 4.71. The van der Waals surface area contributed by atoms with Gasteiger partial charge in [0, 0.05) is 25.3 Å². The summed E-state index contributed by atoms with van der Waals surface area (Å²) in [7, 11) is 3.15. The van der Waals surface area contributed by atoms with E-state index in [0.29, 0.717) is 42.3 Å². The summed E-state index contributed by atoms with van der Waals surface area (Å²) in [4.78, 5) is 12.0. The quantitative estimate of drug-likeness (QED) is 0.768. The minimum absolute atomic E-state index is 0.0350. The zero-order valence-corrected chi connectivity index (χ0v) is 10.3. The summed E-state index contributed by atoms with van der Waals surface area (Å²) >= 11 is 0. The second-order valence-corrected chi connectivity index (χ2v) is 3.60. The van der Waals surface area contributed by atoms with Crippen LogP contribution >= 0.6 is 0 Å². The van der Waals surface area contributed by atoms with E-state index in [1.165, 1.54) is 0 Å². The van der Waals surface area contributed by atoms with Crippen molar-refractivity contribution in [3.05, 3.63) is 32.9 Å². The van der Waals surface area contributed by atoms with Gasteiger partial charge in [0.25, 0.3) is 0 Å². The molecule has 0 unspecified atom stereocenters. The first-order valence-corrected chi connectivity index (χ1v) is 5.27. The first-order valence-electron chi connectivity index (χ1n) is 5.27. The van der Waals surface area contributed by atoms with Gasteiger partial charge in [-0.3, -0.25) is 4.79 Å². The summed E-state index contributed by atoms with van der Waals surface area (Å²) in [6.45, 7) is 4.31. The zero-order chi connectivity index (χ0) is 12.1. The van der Waals surface area contributed by atoms with Crippen LogP contribution in [-0.4, -0.2) is 14.2 Å². The molecular weight excluding hydrogens is 208 g/mol. The van der Waals surface area contributed by atoms with Gasteiger partial charge in [-0.1, -0.05) is 6.92 Å². The largest absolute Gasteiger partial charge is 0.460 e. The molecule has 0 bridgehead atoms. The molecule has 0 N–H and O–H groups in total. The van der Waals surface area contributed by atoms with Crippen molar-refractivity contribution < 1.29 is 13.9 Å². The van der Waals surface area contributed by atoms with Crippen LogP contribution in [0.25, 0.3) is 0 Å². The fourth-order valence-electron chi connectivity index (χ4n) is 1.64. The molecule has 0 fully saturated rings. The maximum Gasteiger partial charge on any atom is 0.191 e. The van der Waals surface area contributed by atoms with Crippen LogP contribution in [0.5, 0.6) is 0 Å². The highest BCUT2D eigenvalue weighted by atomic mass is 16.5. The molecule has 0 atom stereocenters. The Labute approximate surface area is 95.2 Å². The van der Waals surface area contributed by atoms with Gasteiger partial charge in [0.15, 0.2) is 5.43 Å². The molecule has 1 rings (SSSR count). The summed E-state index contributed by atoms with van der Waals surface area (Å²) in [6.07, 6.45) is 0.648. The van der Waals surface area contributed by atoms with Crippen molar-refractivity contribution in [2.75, 3.05) is 14.2 Å². The van der Waals surface area contributed by atoms with E-state index in [1.54, 1.807) is 21.1 Å². The Balaban J connectivity index is 3.31. The molecule has 16 heavy (non-hydrogen) atoms. The van der Waals surface area contributed by atoms with Gasteiger partial charge in [-0.2, -0.15) is 0 Å². The average molecular weight is 226 g/mol. The molecule has 0 aliphatic heterocycles. The summed E-state index contributed by atoms with van der Waals surface area (Å²) in [6, 6.07) is 0. The molecule has 0 saturated carbocycles. The van der Waals surface area contributed by atoms with Gasteiger partial charge in [0.05, 0.1) is 0 Å². The SMILES string of the molecule is CCc1c(COC)oc(COC)c(C)c1=O. The molecule has 0 amide bonds. The van der Waals surface area contributed by atoms with E-state index in [1.807, 2.05) is 6.92 Å². The topological polar surface area (TPSA) is 48.7 Å². The third kappa shape index (κ3) is 2.51. The Morgan fingerprint density at radius 2 is 1.69 bits per heavy atom. The number of methoxy groups -OCH3 is 2. The van der Waals surface area contributed by atoms with E-state index in [0.717, 1.165) is 0 Å². The predicted molar refractivity (Wildman–Crippen MR) is 60.5 cm³/mol. The van der Waals surface area contributed by atoms with Gasteiger partial charge in [-0.15, -0.1) is 0 Å². The molecule has 0 aromatic carbocycles. The van der Waals surface area contributed by atoms with Crippen LogP contribution in [0, 0.1) is 6.92 Å². The van der Waals surface area contributed by atoms with Gasteiger partial charge in [-0.25, -0.2) is 0 Å². The van der Waals surface area contributed by atoms with E-state index in [9.17, 15) is 4.79 Å². The highest BCUT2D eigenvalue weighted by Gasteiger charge is 2.14. The van der Waals surface area contributed by atoms with E-state index < -0.39 is 0 Å². The van der Waals surface area contributed by atoms with Gasteiger partial charge in [-0.05, 0) is 13.3 Å². The molecule has 1 aromatic heterocycles. The molecule has 0 aliphatic carbocycles. The Hall–Kier alpha value is -1.13. The van der Waals surface area contributed by atoms with E-state index >= 15 is 0 Å². The van der Waals surface area contributed by atoms with Crippen molar-refractivity contribution in [3.63, 3.8) is 0 Å². The van der Waals surface area contributed by atoms with Gasteiger partial charge in [0.1, 0.15) is 24.7 Å². The summed E-state index contributed by atoms with van der Waals surface area (Å²) in [5.41, 5.74) is 1.35. The second-order valence-electron chi connectivity index (χ2n) is 3.60. The number of hydrogen-bond donors (Lipinski definition) is 0. The molecule has 90 valence electrons. The van der Waals surface area contributed by atoms with Crippen LogP contribution < -0.4 is 5.43 Å². The molecule has 4 nitrogen and oxygen atoms in total. The molecule has 1 heterocycles. The highest BCUT2D eigenvalue weighted by Crippen LogP contribution is 2.14. The second kappa shape index (κ2) is 5.82. The molecule has 0 saturated heterocycles. The minimum Gasteiger partial charge on any atom is -0.460 e. The number of hydrogen-bond acceptors (Lipinski definition) is 4. The summed E-state index contributed by atoms with van der Waals surface area (Å²) < 4.78 is 15.7. The maximum atomic E-state index is 12.0. The minimum atomic E-state index is 0.0350. The summed E-state index contributed by atoms with van der Waals surface area (Å²) in [5, 5.41) is 0. The maximum absolute atomic E-state index is 12.0. The fourth-order valence-corrected chi connectivity index (χ4v) is 1.64. The summed E-state index contributed by atoms with van der Waals surface area (Å²) in [5.74, 6) is 1.18. The first kappa shape index (κ1) is 12.9. The van der Waals surface area contributed by atoms with Gasteiger partial charge in [0.2, 0.25) is 0 Å². The molecule has 0 radical (unpaired) electrons. The van der Waals surface area contributed by atoms with Crippen molar-refractivity contribution in [2.45, 2.75) is 33.5 Å². The van der Waals surface area contributed by atoms with Crippen molar-refractivity contribution in [2.24, 2.45) is 0 Å². The van der Waals surface area contributed by atoms with Crippen LogP contribution in [0.15, 0.2) is 9.21 Å². The number of rotatable bonds is 5. The van der Waals surface area contributed by atoms with Crippen molar-refractivity contribution in [3.8, 4) is 0 Å². The van der Waals surface area contributed by atoms with Crippen LogP contribution in [0.3, 0.4) is 0 Å². The highest BCUT2D eigenvalue weighted by molar-refractivity contribution is 5.26. The van der Waals surface area contributed by atoms with E-state index in [4.69, 9.17) is 13.9 Å². The van der Waals surface area contributed by atoms with Gasteiger partial charge < -0.3 is 13.9 Å².